The van der Waals surface area contributed by atoms with E-state index in [2.05, 4.69) is 15.9 Å². The van der Waals surface area contributed by atoms with Gasteiger partial charge in [0, 0.05) is 15.9 Å². The minimum atomic E-state index is -0.451. The lowest BCUT2D eigenvalue weighted by Gasteiger charge is -2.24. The molecule has 0 aliphatic heterocycles. The highest BCUT2D eigenvalue weighted by molar-refractivity contribution is 9.18. The van der Waals surface area contributed by atoms with Gasteiger partial charge in [-0.05, 0) is 63.4 Å². The smallest absolute Gasteiger partial charge is 0.374 e. The van der Waals surface area contributed by atoms with Crippen LogP contribution in [-0.2, 0) is 11.3 Å². The summed E-state index contributed by atoms with van der Waals surface area (Å²) in [5, 5.41) is 0. The molecule has 100 valence electrons. The summed E-state index contributed by atoms with van der Waals surface area (Å²) in [5.41, 5.74) is 2.83. The lowest BCUT2D eigenvalue weighted by Crippen LogP contribution is -2.24. The van der Waals surface area contributed by atoms with Crippen LogP contribution in [0.2, 0.25) is 0 Å². The largest absolute Gasteiger partial charge is 0.488 e. The average Bonchev–Trinajstić information content (AvgIpc) is 2.19. The fourth-order valence-electron chi connectivity index (χ4n) is 1.73. The van der Waals surface area contributed by atoms with Gasteiger partial charge in [0.15, 0.2) is 0 Å². The van der Waals surface area contributed by atoms with E-state index < -0.39 is 4.88 Å². The Bertz CT molecular complexity index is 424. The lowest BCUT2D eigenvalue weighted by atomic mass is 10.1. The molecular formula is C14H19BrO3. The van der Waals surface area contributed by atoms with Crippen molar-refractivity contribution in [2.75, 3.05) is 0 Å². The van der Waals surface area contributed by atoms with E-state index in [-0.39, 0.29) is 12.2 Å². The predicted octanol–water partition coefficient (Wildman–Crippen LogP) is 4.51. The van der Waals surface area contributed by atoms with E-state index in [0.717, 1.165) is 22.4 Å². The van der Waals surface area contributed by atoms with Gasteiger partial charge in [-0.25, -0.2) is 4.79 Å². The Hall–Kier alpha value is -1.03. The second-order valence-electron chi connectivity index (χ2n) is 5.30. The van der Waals surface area contributed by atoms with Gasteiger partial charge >= 0.3 is 4.88 Å². The maximum atomic E-state index is 10.7. The monoisotopic (exact) mass is 314 g/mol. The molecule has 3 nitrogen and oxygen atoms in total. The van der Waals surface area contributed by atoms with Crippen LogP contribution in [-0.4, -0.2) is 10.5 Å². The maximum absolute atomic E-state index is 10.7. The first-order valence-electron chi connectivity index (χ1n) is 5.80. The van der Waals surface area contributed by atoms with Crippen LogP contribution in [0.3, 0.4) is 0 Å². The number of aryl methyl sites for hydroxylation is 2. The van der Waals surface area contributed by atoms with E-state index in [0.29, 0.717) is 0 Å². The molecule has 0 saturated carbocycles. The van der Waals surface area contributed by atoms with Crippen LogP contribution < -0.4 is 4.74 Å². The topological polar surface area (TPSA) is 35.5 Å². The second-order valence-corrected chi connectivity index (χ2v) is 5.95. The first-order chi connectivity index (χ1) is 8.19. The fourth-order valence-corrected chi connectivity index (χ4v) is 1.84. The molecule has 0 aliphatic rings. The summed E-state index contributed by atoms with van der Waals surface area (Å²) in [6.07, 6.45) is 0. The zero-order chi connectivity index (χ0) is 13.9. The highest BCUT2D eigenvalue weighted by atomic mass is 79.9. The number of carbonyl (C=O) groups is 1. The van der Waals surface area contributed by atoms with Crippen LogP contribution in [0.15, 0.2) is 12.1 Å². The van der Waals surface area contributed by atoms with Gasteiger partial charge in [0.25, 0.3) is 0 Å². The summed E-state index contributed by atoms with van der Waals surface area (Å²) < 4.78 is 10.8. The molecule has 0 saturated heterocycles. The van der Waals surface area contributed by atoms with Gasteiger partial charge in [-0.2, -0.15) is 0 Å². The average molecular weight is 315 g/mol. The molecule has 0 radical (unpaired) electrons. The minimum absolute atomic E-state index is 0.223. The Morgan fingerprint density at radius 1 is 1.22 bits per heavy atom. The fraction of sp³-hybridized carbons (Fsp3) is 0.500. The molecule has 0 unspecified atom stereocenters. The number of benzene rings is 1. The molecule has 0 atom stereocenters. The van der Waals surface area contributed by atoms with E-state index in [1.165, 1.54) is 0 Å². The third-order valence-corrected chi connectivity index (χ3v) is 2.51. The van der Waals surface area contributed by atoms with Gasteiger partial charge in [-0.15, -0.1) is 0 Å². The first-order valence-corrected chi connectivity index (χ1v) is 6.60. The summed E-state index contributed by atoms with van der Waals surface area (Å²) >= 11 is 2.74. The summed E-state index contributed by atoms with van der Waals surface area (Å²) in [5.74, 6) is 0.899. The standard InChI is InChI=1S/C14H19BrO3/c1-9-6-11(8-17-13(15)16)7-10(2)12(9)18-14(3,4)5/h6-7H,8H2,1-5H3. The maximum Gasteiger partial charge on any atom is 0.374 e. The molecule has 0 amide bonds. The Morgan fingerprint density at radius 2 is 1.72 bits per heavy atom. The molecule has 0 fully saturated rings. The van der Waals surface area contributed by atoms with E-state index in [1.807, 2.05) is 46.8 Å². The number of halogens is 1. The predicted molar refractivity (Wildman–Crippen MR) is 75.4 cm³/mol. The molecule has 4 heteroatoms. The van der Waals surface area contributed by atoms with Gasteiger partial charge in [-0.1, -0.05) is 0 Å². The Kier molecular flexibility index (Phi) is 4.79. The van der Waals surface area contributed by atoms with Crippen LogP contribution >= 0.6 is 15.9 Å². The molecule has 0 aliphatic carbocycles. The van der Waals surface area contributed by atoms with Crippen LogP contribution in [0.4, 0.5) is 4.79 Å². The third kappa shape index (κ3) is 4.69. The van der Waals surface area contributed by atoms with E-state index in [4.69, 9.17) is 9.47 Å². The number of rotatable bonds is 3. The number of ether oxygens (including phenoxy) is 2. The van der Waals surface area contributed by atoms with Crippen molar-refractivity contribution in [3.05, 3.63) is 28.8 Å². The van der Waals surface area contributed by atoms with Crippen molar-refractivity contribution in [1.82, 2.24) is 0 Å². The zero-order valence-corrected chi connectivity index (χ0v) is 13.1. The highest BCUT2D eigenvalue weighted by Crippen LogP contribution is 2.28. The van der Waals surface area contributed by atoms with Crippen LogP contribution in [0.25, 0.3) is 0 Å². The van der Waals surface area contributed by atoms with Gasteiger partial charge < -0.3 is 9.47 Å². The Balaban J connectivity index is 2.94. The van der Waals surface area contributed by atoms with Crippen LogP contribution in [0, 0.1) is 13.8 Å². The van der Waals surface area contributed by atoms with Crippen LogP contribution in [0.1, 0.15) is 37.5 Å². The molecule has 1 rings (SSSR count). The summed E-state index contributed by atoms with van der Waals surface area (Å²) in [6.45, 7) is 10.3. The van der Waals surface area contributed by atoms with Crippen molar-refractivity contribution in [3.8, 4) is 5.75 Å². The molecule has 0 bridgehead atoms. The zero-order valence-electron chi connectivity index (χ0n) is 11.5. The van der Waals surface area contributed by atoms with Gasteiger partial charge in [0.05, 0.1) is 0 Å². The molecule has 18 heavy (non-hydrogen) atoms. The van der Waals surface area contributed by atoms with Crippen molar-refractivity contribution in [2.24, 2.45) is 0 Å². The second kappa shape index (κ2) is 5.74. The van der Waals surface area contributed by atoms with E-state index in [9.17, 15) is 4.79 Å². The minimum Gasteiger partial charge on any atom is -0.488 e. The Labute approximate surface area is 117 Å². The number of hydrogen-bond acceptors (Lipinski definition) is 3. The lowest BCUT2D eigenvalue weighted by molar-refractivity contribution is 0.128. The number of carbonyl (C=O) groups excluding carboxylic acids is 1. The van der Waals surface area contributed by atoms with Crippen molar-refractivity contribution >= 4 is 20.8 Å². The molecular weight excluding hydrogens is 296 g/mol. The van der Waals surface area contributed by atoms with Gasteiger partial charge in [0.1, 0.15) is 18.0 Å². The molecule has 0 spiro atoms. The normalized spacial score (nSPS) is 11.2. The first kappa shape index (κ1) is 15.0. The summed E-state index contributed by atoms with van der Waals surface area (Å²) in [4.78, 5) is 10.3. The quantitative estimate of drug-likeness (QED) is 0.770. The molecule has 1 aromatic carbocycles. The molecule has 1 aromatic rings. The summed E-state index contributed by atoms with van der Waals surface area (Å²) in [6, 6.07) is 3.95. The number of hydrogen-bond donors (Lipinski definition) is 0. The van der Waals surface area contributed by atoms with Crippen molar-refractivity contribution in [1.29, 1.82) is 0 Å². The molecule has 0 aromatic heterocycles. The molecule has 0 heterocycles. The van der Waals surface area contributed by atoms with Gasteiger partial charge in [-0.3, -0.25) is 0 Å². The van der Waals surface area contributed by atoms with Gasteiger partial charge in [0.2, 0.25) is 0 Å². The van der Waals surface area contributed by atoms with Crippen molar-refractivity contribution in [2.45, 2.75) is 46.8 Å². The van der Waals surface area contributed by atoms with Crippen molar-refractivity contribution < 1.29 is 14.3 Å². The van der Waals surface area contributed by atoms with Crippen molar-refractivity contribution in [3.63, 3.8) is 0 Å². The van der Waals surface area contributed by atoms with Crippen LogP contribution in [0.5, 0.6) is 5.75 Å². The highest BCUT2D eigenvalue weighted by Gasteiger charge is 2.16. The SMILES string of the molecule is Cc1cc(COC(=O)Br)cc(C)c1OC(C)(C)C. The third-order valence-electron chi connectivity index (χ3n) is 2.28. The molecule has 0 N–H and O–H groups in total. The summed E-state index contributed by atoms with van der Waals surface area (Å²) in [7, 11) is 0. The van der Waals surface area contributed by atoms with E-state index >= 15 is 0 Å². The van der Waals surface area contributed by atoms with E-state index in [1.54, 1.807) is 0 Å². The Morgan fingerprint density at radius 3 is 2.11 bits per heavy atom.